The van der Waals surface area contributed by atoms with E-state index < -0.39 is 17.6 Å². The number of rotatable bonds is 4. The molecule has 1 atom stereocenters. The molecule has 1 aliphatic heterocycles. The number of amides is 1. The molecule has 1 unspecified atom stereocenters. The van der Waals surface area contributed by atoms with E-state index in [1.165, 1.54) is 4.90 Å². The second-order valence-corrected chi connectivity index (χ2v) is 4.74. The molecule has 1 aromatic carbocycles. The summed E-state index contributed by atoms with van der Waals surface area (Å²) in [6.45, 7) is 0.108. The molecule has 1 N–H and O–H groups in total. The monoisotopic (exact) mass is 290 g/mol. The van der Waals surface area contributed by atoms with Crippen molar-refractivity contribution in [3.63, 3.8) is 0 Å². The predicted molar refractivity (Wildman–Crippen MR) is 72.3 cm³/mol. The van der Waals surface area contributed by atoms with Crippen molar-refractivity contribution in [1.82, 2.24) is 4.90 Å². The molecule has 8 nitrogen and oxygen atoms in total. The van der Waals surface area contributed by atoms with E-state index in [9.17, 15) is 9.59 Å². The van der Waals surface area contributed by atoms with Crippen LogP contribution in [0.2, 0.25) is 0 Å². The van der Waals surface area contributed by atoms with Crippen LogP contribution >= 0.6 is 0 Å². The van der Waals surface area contributed by atoms with Gasteiger partial charge in [-0.3, -0.25) is 4.79 Å². The molecule has 1 amide bonds. The highest BCUT2D eigenvalue weighted by atomic mass is 16.6. The molecule has 0 radical (unpaired) electrons. The van der Waals surface area contributed by atoms with E-state index >= 15 is 0 Å². The fourth-order valence-electron chi connectivity index (χ4n) is 2.14. The van der Waals surface area contributed by atoms with Crippen LogP contribution in [0, 0.1) is 0 Å². The fourth-order valence-corrected chi connectivity index (χ4v) is 2.14. The summed E-state index contributed by atoms with van der Waals surface area (Å²) in [5, 5.41) is 12.5. The molecule has 1 saturated heterocycles. The smallest absolute Gasteiger partial charge is 0.410 e. The Morgan fingerprint density at radius 1 is 1.43 bits per heavy atom. The number of hydrogen-bond acceptors (Lipinski definition) is 4. The molecule has 8 heteroatoms. The minimum absolute atomic E-state index is 0.0762. The number of carbonyl (C=O) groups is 2. The number of hydrogen-bond donors (Lipinski definition) is 1. The average Bonchev–Trinajstić information content (AvgIpc) is 2.92. The van der Waals surface area contributed by atoms with Gasteiger partial charge in [0.1, 0.15) is 6.61 Å². The van der Waals surface area contributed by atoms with Gasteiger partial charge in [-0.1, -0.05) is 35.4 Å². The topological polar surface area (TPSA) is 116 Å². The number of benzene rings is 1. The van der Waals surface area contributed by atoms with Crippen LogP contribution in [0.25, 0.3) is 10.4 Å². The number of carbonyl (C=O) groups excluding carboxylic acids is 1. The number of azide groups is 1. The second-order valence-electron chi connectivity index (χ2n) is 4.74. The molecule has 0 aromatic heterocycles. The van der Waals surface area contributed by atoms with E-state index in [0.717, 1.165) is 5.56 Å². The Balaban J connectivity index is 1.96. The number of ether oxygens (including phenoxy) is 1. The fraction of sp³-hybridized carbons (Fsp3) is 0.385. The summed E-state index contributed by atoms with van der Waals surface area (Å²) in [5.41, 5.74) is 7.72. The highest BCUT2D eigenvalue weighted by Gasteiger charge is 2.46. The molecule has 1 fully saturated rings. The van der Waals surface area contributed by atoms with Crippen molar-refractivity contribution >= 4 is 12.1 Å². The zero-order valence-electron chi connectivity index (χ0n) is 11.2. The van der Waals surface area contributed by atoms with Crippen molar-refractivity contribution in [2.24, 2.45) is 5.11 Å². The lowest BCUT2D eigenvalue weighted by Gasteiger charge is -2.19. The maximum Gasteiger partial charge on any atom is 0.410 e. The van der Waals surface area contributed by atoms with Crippen LogP contribution in [0.1, 0.15) is 12.0 Å². The van der Waals surface area contributed by atoms with E-state index in [-0.39, 0.29) is 26.1 Å². The van der Waals surface area contributed by atoms with E-state index in [1.54, 1.807) is 0 Å². The van der Waals surface area contributed by atoms with Gasteiger partial charge in [-0.15, -0.1) is 0 Å². The standard InChI is InChI=1S/C13H14N4O4/c14-16-15-13(11(18)19)6-7-17(9-13)12(20)21-8-10-4-2-1-3-5-10/h1-5H,6-9H2,(H,18,19). The van der Waals surface area contributed by atoms with Crippen molar-refractivity contribution in [2.75, 3.05) is 13.1 Å². The number of carboxylic acid groups (broad SMARTS) is 1. The van der Waals surface area contributed by atoms with Gasteiger partial charge in [0.15, 0.2) is 5.54 Å². The second kappa shape index (κ2) is 6.15. The van der Waals surface area contributed by atoms with Gasteiger partial charge in [0.25, 0.3) is 0 Å². The van der Waals surface area contributed by atoms with E-state index in [2.05, 4.69) is 10.0 Å². The maximum absolute atomic E-state index is 11.9. The lowest BCUT2D eigenvalue weighted by atomic mass is 10.0. The van der Waals surface area contributed by atoms with Crippen LogP contribution in [0.4, 0.5) is 4.79 Å². The molecule has 0 aliphatic carbocycles. The summed E-state index contributed by atoms with van der Waals surface area (Å²) in [7, 11) is 0. The number of carboxylic acids is 1. The first kappa shape index (κ1) is 14.7. The van der Waals surface area contributed by atoms with Crippen LogP contribution in [-0.2, 0) is 16.1 Å². The highest BCUT2D eigenvalue weighted by Crippen LogP contribution is 2.27. The van der Waals surface area contributed by atoms with E-state index in [4.69, 9.17) is 15.4 Å². The lowest BCUT2D eigenvalue weighted by molar-refractivity contribution is -0.142. The summed E-state index contributed by atoms with van der Waals surface area (Å²) in [6, 6.07) is 9.15. The number of aliphatic carboxylic acids is 1. The normalized spacial score (nSPS) is 20.7. The summed E-state index contributed by atoms with van der Waals surface area (Å²) >= 11 is 0. The average molecular weight is 290 g/mol. The maximum atomic E-state index is 11.9. The molecule has 0 spiro atoms. The third-order valence-corrected chi connectivity index (χ3v) is 3.35. The van der Waals surface area contributed by atoms with Gasteiger partial charge in [-0.2, -0.15) is 0 Å². The molecular formula is C13H14N4O4. The third kappa shape index (κ3) is 3.24. The van der Waals surface area contributed by atoms with Gasteiger partial charge in [0, 0.05) is 18.0 Å². The first-order valence-corrected chi connectivity index (χ1v) is 6.33. The van der Waals surface area contributed by atoms with Crippen molar-refractivity contribution in [1.29, 1.82) is 0 Å². The van der Waals surface area contributed by atoms with Gasteiger partial charge in [0.2, 0.25) is 0 Å². The van der Waals surface area contributed by atoms with Crippen LogP contribution in [0.15, 0.2) is 35.4 Å². The van der Waals surface area contributed by atoms with Crippen LogP contribution in [0.3, 0.4) is 0 Å². The lowest BCUT2D eigenvalue weighted by Crippen LogP contribution is -2.40. The number of nitrogens with zero attached hydrogens (tertiary/aromatic N) is 4. The first-order valence-electron chi connectivity index (χ1n) is 6.33. The Morgan fingerprint density at radius 3 is 2.76 bits per heavy atom. The Bertz CT molecular complexity index is 581. The Kier molecular flexibility index (Phi) is 4.30. The molecule has 0 bridgehead atoms. The summed E-state index contributed by atoms with van der Waals surface area (Å²) in [6.07, 6.45) is -0.539. The van der Waals surface area contributed by atoms with Crippen molar-refractivity contribution in [2.45, 2.75) is 18.6 Å². The van der Waals surface area contributed by atoms with Crippen LogP contribution in [-0.4, -0.2) is 40.7 Å². The van der Waals surface area contributed by atoms with Gasteiger partial charge in [-0.05, 0) is 17.5 Å². The minimum Gasteiger partial charge on any atom is -0.481 e. The zero-order chi connectivity index (χ0) is 15.3. The molecule has 2 rings (SSSR count). The van der Waals surface area contributed by atoms with E-state index in [0.29, 0.717) is 0 Å². The van der Waals surface area contributed by atoms with E-state index in [1.807, 2.05) is 30.3 Å². The Morgan fingerprint density at radius 2 is 2.14 bits per heavy atom. The van der Waals surface area contributed by atoms with Crippen LogP contribution in [0.5, 0.6) is 0 Å². The van der Waals surface area contributed by atoms with Crippen molar-refractivity contribution in [3.05, 3.63) is 46.3 Å². The highest BCUT2D eigenvalue weighted by molar-refractivity contribution is 5.81. The molecule has 21 heavy (non-hydrogen) atoms. The Hall–Kier alpha value is -2.73. The van der Waals surface area contributed by atoms with Crippen molar-refractivity contribution < 1.29 is 19.4 Å². The molecule has 110 valence electrons. The van der Waals surface area contributed by atoms with Gasteiger partial charge < -0.3 is 14.7 Å². The first-order chi connectivity index (χ1) is 10.1. The quantitative estimate of drug-likeness (QED) is 0.519. The molecule has 1 aliphatic rings. The molecule has 1 aromatic rings. The summed E-state index contributed by atoms with van der Waals surface area (Å²) in [4.78, 5) is 26.9. The number of likely N-dealkylation sites (tertiary alicyclic amines) is 1. The van der Waals surface area contributed by atoms with Gasteiger partial charge in [-0.25, -0.2) is 4.79 Å². The Labute approximate surface area is 120 Å². The van der Waals surface area contributed by atoms with Gasteiger partial charge >= 0.3 is 12.1 Å². The summed E-state index contributed by atoms with van der Waals surface area (Å²) < 4.78 is 5.12. The minimum atomic E-state index is -1.60. The largest absolute Gasteiger partial charge is 0.481 e. The summed E-state index contributed by atoms with van der Waals surface area (Å²) in [5.74, 6) is -1.24. The van der Waals surface area contributed by atoms with Gasteiger partial charge in [0.05, 0.1) is 0 Å². The zero-order valence-corrected chi connectivity index (χ0v) is 11.2. The molecular weight excluding hydrogens is 276 g/mol. The van der Waals surface area contributed by atoms with Crippen molar-refractivity contribution in [3.8, 4) is 0 Å². The van der Waals surface area contributed by atoms with Crippen LogP contribution < -0.4 is 0 Å². The predicted octanol–water partition coefficient (Wildman–Crippen LogP) is 2.16. The molecule has 0 saturated carbocycles. The molecule has 1 heterocycles. The SMILES string of the molecule is [N-]=[N+]=NC1(C(=O)O)CCN(C(=O)OCc2ccccc2)C1. The third-order valence-electron chi connectivity index (χ3n) is 3.35.